The first-order valence-electron chi connectivity index (χ1n) is 4.55. The van der Waals surface area contributed by atoms with Crippen LogP contribution in [0, 0.1) is 0 Å². The van der Waals surface area contributed by atoms with Gasteiger partial charge in [0.2, 0.25) is 0 Å². The van der Waals surface area contributed by atoms with Crippen molar-refractivity contribution >= 4 is 17.0 Å². The standard InChI is InChI=1S/C8H12N6/c1-3-5(2)14-4-10-6-7(9)11-13-12-8(6)14/h4-5H,3H2,1-2H3,(H2,9,11,12). The van der Waals surface area contributed by atoms with Crippen LogP contribution in [-0.2, 0) is 0 Å². The minimum Gasteiger partial charge on any atom is -0.380 e. The summed E-state index contributed by atoms with van der Waals surface area (Å²) >= 11 is 0. The average molecular weight is 192 g/mol. The molecule has 1 unspecified atom stereocenters. The molecule has 2 aromatic heterocycles. The second-order valence-electron chi connectivity index (χ2n) is 3.26. The van der Waals surface area contributed by atoms with Crippen LogP contribution in [0.2, 0.25) is 0 Å². The molecule has 0 amide bonds. The normalized spacial score (nSPS) is 13.3. The fourth-order valence-corrected chi connectivity index (χ4v) is 1.31. The van der Waals surface area contributed by atoms with Crippen molar-refractivity contribution in [2.45, 2.75) is 26.3 Å². The van der Waals surface area contributed by atoms with Crippen LogP contribution < -0.4 is 5.73 Å². The molecule has 0 spiro atoms. The molecule has 6 heteroatoms. The Morgan fingerprint density at radius 2 is 2.29 bits per heavy atom. The summed E-state index contributed by atoms with van der Waals surface area (Å²) in [5, 5.41) is 11.2. The number of nitrogens with zero attached hydrogens (tertiary/aromatic N) is 5. The van der Waals surface area contributed by atoms with Crippen LogP contribution in [0.5, 0.6) is 0 Å². The molecule has 1 atom stereocenters. The van der Waals surface area contributed by atoms with Crippen LogP contribution in [0.25, 0.3) is 11.2 Å². The van der Waals surface area contributed by atoms with Gasteiger partial charge in [0.25, 0.3) is 0 Å². The van der Waals surface area contributed by atoms with Gasteiger partial charge >= 0.3 is 0 Å². The predicted octanol–water partition coefficient (Wildman–Crippen LogP) is 0.774. The van der Waals surface area contributed by atoms with Crippen LogP contribution in [-0.4, -0.2) is 25.0 Å². The summed E-state index contributed by atoms with van der Waals surface area (Å²) in [6, 6.07) is 0.344. The topological polar surface area (TPSA) is 82.5 Å². The van der Waals surface area contributed by atoms with Crippen LogP contribution in [0.15, 0.2) is 6.33 Å². The van der Waals surface area contributed by atoms with E-state index in [1.807, 2.05) is 4.57 Å². The van der Waals surface area contributed by atoms with Crippen LogP contribution in [0.4, 0.5) is 5.82 Å². The lowest BCUT2D eigenvalue weighted by Crippen LogP contribution is -2.05. The highest BCUT2D eigenvalue weighted by molar-refractivity contribution is 5.80. The molecule has 2 N–H and O–H groups in total. The highest BCUT2D eigenvalue weighted by Gasteiger charge is 2.11. The van der Waals surface area contributed by atoms with Gasteiger partial charge in [-0.05, 0) is 18.6 Å². The summed E-state index contributed by atoms with van der Waals surface area (Å²) in [5.41, 5.74) is 6.95. The Balaban J connectivity index is 2.63. The fraction of sp³-hybridized carbons (Fsp3) is 0.500. The molecule has 6 nitrogen and oxygen atoms in total. The third-order valence-electron chi connectivity index (χ3n) is 2.37. The molecule has 14 heavy (non-hydrogen) atoms. The molecule has 0 aliphatic heterocycles. The van der Waals surface area contributed by atoms with Gasteiger partial charge in [-0.25, -0.2) is 4.98 Å². The maximum Gasteiger partial charge on any atom is 0.188 e. The Hall–Kier alpha value is -1.72. The quantitative estimate of drug-likeness (QED) is 0.760. The maximum absolute atomic E-state index is 5.62. The zero-order valence-corrected chi connectivity index (χ0v) is 8.18. The number of hydrogen-bond acceptors (Lipinski definition) is 5. The molecule has 0 saturated carbocycles. The summed E-state index contributed by atoms with van der Waals surface area (Å²) in [4.78, 5) is 4.16. The minimum atomic E-state index is 0.331. The molecule has 0 saturated heterocycles. The number of nitrogen functional groups attached to an aromatic ring is 1. The maximum atomic E-state index is 5.62. The van der Waals surface area contributed by atoms with Crippen molar-refractivity contribution in [3.63, 3.8) is 0 Å². The van der Waals surface area contributed by atoms with Crippen LogP contribution >= 0.6 is 0 Å². The first kappa shape index (κ1) is 8.86. The summed E-state index contributed by atoms with van der Waals surface area (Å²) in [7, 11) is 0. The van der Waals surface area contributed by atoms with Gasteiger partial charge < -0.3 is 10.3 Å². The van der Waals surface area contributed by atoms with Gasteiger partial charge in [-0.3, -0.25) is 0 Å². The number of nitrogens with two attached hydrogens (primary N) is 1. The van der Waals surface area contributed by atoms with Crippen molar-refractivity contribution in [1.29, 1.82) is 0 Å². The Morgan fingerprint density at radius 3 is 3.00 bits per heavy atom. The lowest BCUT2D eigenvalue weighted by Gasteiger charge is -2.09. The van der Waals surface area contributed by atoms with Crippen LogP contribution in [0.1, 0.15) is 26.3 Å². The van der Waals surface area contributed by atoms with Crippen LogP contribution in [0.3, 0.4) is 0 Å². The number of hydrogen-bond donors (Lipinski definition) is 1. The van der Waals surface area contributed by atoms with E-state index in [0.717, 1.165) is 6.42 Å². The number of aromatic nitrogens is 5. The van der Waals surface area contributed by atoms with Gasteiger partial charge in [-0.2, -0.15) is 0 Å². The van der Waals surface area contributed by atoms with Crippen molar-refractivity contribution in [2.75, 3.05) is 5.73 Å². The predicted molar refractivity (Wildman–Crippen MR) is 52.5 cm³/mol. The zero-order valence-electron chi connectivity index (χ0n) is 8.18. The van der Waals surface area contributed by atoms with Gasteiger partial charge in [0.05, 0.1) is 6.33 Å². The average Bonchev–Trinajstić information content (AvgIpc) is 2.62. The third-order valence-corrected chi connectivity index (χ3v) is 2.37. The monoisotopic (exact) mass is 192 g/mol. The van der Waals surface area contributed by atoms with Crippen molar-refractivity contribution < 1.29 is 0 Å². The first-order chi connectivity index (χ1) is 6.74. The second-order valence-corrected chi connectivity index (χ2v) is 3.26. The highest BCUT2D eigenvalue weighted by atomic mass is 15.4. The van der Waals surface area contributed by atoms with E-state index in [1.165, 1.54) is 0 Å². The molecule has 2 rings (SSSR count). The van der Waals surface area contributed by atoms with Gasteiger partial charge in [-0.15, -0.1) is 10.2 Å². The van der Waals surface area contributed by atoms with E-state index in [2.05, 4.69) is 34.2 Å². The van der Waals surface area contributed by atoms with Gasteiger partial charge in [0.15, 0.2) is 17.0 Å². The van der Waals surface area contributed by atoms with E-state index in [0.29, 0.717) is 23.0 Å². The van der Waals surface area contributed by atoms with Gasteiger partial charge in [-0.1, -0.05) is 6.92 Å². The Morgan fingerprint density at radius 1 is 1.50 bits per heavy atom. The fourth-order valence-electron chi connectivity index (χ4n) is 1.31. The lowest BCUT2D eigenvalue weighted by atomic mass is 10.2. The largest absolute Gasteiger partial charge is 0.380 e. The molecule has 0 aliphatic rings. The number of anilines is 1. The number of fused-ring (bicyclic) bond motifs is 1. The SMILES string of the molecule is CCC(C)n1cnc2c(N)nnnc21. The van der Waals surface area contributed by atoms with E-state index >= 15 is 0 Å². The molecule has 0 bridgehead atoms. The Kier molecular flexibility index (Phi) is 2.03. The summed E-state index contributed by atoms with van der Waals surface area (Å²) in [6.45, 7) is 4.20. The number of rotatable bonds is 2. The Labute approximate surface area is 81.1 Å². The molecule has 2 aromatic rings. The molecule has 0 fully saturated rings. The Bertz CT molecular complexity index is 448. The van der Waals surface area contributed by atoms with Gasteiger partial charge in [0.1, 0.15) is 0 Å². The molecule has 2 heterocycles. The van der Waals surface area contributed by atoms with Crippen molar-refractivity contribution in [1.82, 2.24) is 25.0 Å². The van der Waals surface area contributed by atoms with Crippen molar-refractivity contribution in [3.05, 3.63) is 6.33 Å². The van der Waals surface area contributed by atoms with E-state index in [-0.39, 0.29) is 0 Å². The number of imidazole rings is 1. The zero-order chi connectivity index (χ0) is 10.1. The van der Waals surface area contributed by atoms with E-state index in [1.54, 1.807) is 6.33 Å². The van der Waals surface area contributed by atoms with Crippen molar-refractivity contribution in [2.24, 2.45) is 0 Å². The minimum absolute atomic E-state index is 0.331. The molecular weight excluding hydrogens is 180 g/mol. The van der Waals surface area contributed by atoms with Crippen molar-refractivity contribution in [3.8, 4) is 0 Å². The second kappa shape index (κ2) is 3.21. The van der Waals surface area contributed by atoms with E-state index < -0.39 is 0 Å². The van der Waals surface area contributed by atoms with Gasteiger partial charge in [0, 0.05) is 6.04 Å². The molecule has 0 aromatic carbocycles. The lowest BCUT2D eigenvalue weighted by molar-refractivity contribution is 0.539. The summed E-state index contributed by atoms with van der Waals surface area (Å²) in [5.74, 6) is 0.331. The van der Waals surface area contributed by atoms with E-state index in [9.17, 15) is 0 Å². The smallest absolute Gasteiger partial charge is 0.188 e. The first-order valence-corrected chi connectivity index (χ1v) is 4.55. The summed E-state index contributed by atoms with van der Waals surface area (Å²) in [6.07, 6.45) is 2.74. The molecule has 0 aliphatic carbocycles. The van der Waals surface area contributed by atoms with E-state index in [4.69, 9.17) is 5.73 Å². The molecular formula is C8H12N6. The molecule has 74 valence electrons. The summed E-state index contributed by atoms with van der Waals surface area (Å²) < 4.78 is 1.96. The third kappa shape index (κ3) is 1.19. The highest BCUT2D eigenvalue weighted by Crippen LogP contribution is 2.19. The molecule has 0 radical (unpaired) electrons.